The highest BCUT2D eigenvalue weighted by molar-refractivity contribution is 6.16. The number of fused-ring (bicyclic) bond motifs is 17. The van der Waals surface area contributed by atoms with E-state index in [1.54, 1.807) is 0 Å². The van der Waals surface area contributed by atoms with Gasteiger partial charge in [-0.2, -0.15) is 0 Å². The molecule has 3 aliphatic rings. The van der Waals surface area contributed by atoms with E-state index in [2.05, 4.69) is 267 Å². The molecule has 3 aliphatic carbocycles. The molecule has 11 aromatic carbocycles. The number of hydrogen-bond donors (Lipinski definition) is 0. The second kappa shape index (κ2) is 15.3. The molecule has 0 aliphatic heterocycles. The maximum Gasteiger partial charge on any atom is 0.136 e. The molecule has 1 unspecified atom stereocenters. The van der Waals surface area contributed by atoms with E-state index in [0.29, 0.717) is 0 Å². The summed E-state index contributed by atoms with van der Waals surface area (Å²) in [6, 6.07) is 92.5. The molecule has 0 saturated heterocycles. The van der Waals surface area contributed by atoms with Gasteiger partial charge in [-0.25, -0.2) is 0 Å². The van der Waals surface area contributed by atoms with Crippen molar-refractivity contribution in [3.05, 3.63) is 282 Å². The third-order valence-electron chi connectivity index (χ3n) is 16.3. The van der Waals surface area contributed by atoms with Gasteiger partial charge in [0.1, 0.15) is 11.2 Å². The summed E-state index contributed by atoms with van der Waals surface area (Å²) in [5, 5.41) is 2.32. The highest BCUT2D eigenvalue weighted by atomic mass is 16.3. The molecule has 0 fully saturated rings. The normalized spacial score (nSPS) is 15.2. The first kappa shape index (κ1) is 40.9. The minimum absolute atomic E-state index is 0.181. The Hall–Kier alpha value is -8.98. The number of benzene rings is 11. The van der Waals surface area contributed by atoms with Crippen molar-refractivity contribution in [1.29, 1.82) is 0 Å². The van der Waals surface area contributed by atoms with Gasteiger partial charge in [-0.3, -0.25) is 0 Å². The van der Waals surface area contributed by atoms with Gasteiger partial charge in [0.25, 0.3) is 0 Å². The van der Waals surface area contributed by atoms with Crippen molar-refractivity contribution in [1.82, 2.24) is 0 Å². The molecule has 12 aromatic rings. The summed E-state index contributed by atoms with van der Waals surface area (Å²) in [5.74, 6) is 0. The molecule has 1 spiro atoms. The largest absolute Gasteiger partial charge is 0.456 e. The van der Waals surface area contributed by atoms with Crippen LogP contribution in [0.2, 0.25) is 0 Å². The molecule has 15 rings (SSSR count). The summed E-state index contributed by atoms with van der Waals surface area (Å²) < 4.78 is 6.62. The highest BCUT2D eigenvalue weighted by Crippen LogP contribution is 2.66. The van der Waals surface area contributed by atoms with Gasteiger partial charge in [0.2, 0.25) is 0 Å². The first-order valence-corrected chi connectivity index (χ1v) is 25.2. The summed E-state index contributed by atoms with van der Waals surface area (Å²) in [6.07, 6.45) is 0. The van der Waals surface area contributed by atoms with Crippen LogP contribution < -0.4 is 4.90 Å². The van der Waals surface area contributed by atoms with Gasteiger partial charge in [0.15, 0.2) is 0 Å². The van der Waals surface area contributed by atoms with Crippen molar-refractivity contribution < 1.29 is 4.42 Å². The molecule has 0 saturated carbocycles. The Labute approximate surface area is 419 Å². The number of nitrogens with zero attached hydrogens (tertiary/aromatic N) is 1. The van der Waals surface area contributed by atoms with E-state index in [1.165, 1.54) is 94.4 Å². The van der Waals surface area contributed by atoms with Crippen LogP contribution >= 0.6 is 0 Å². The van der Waals surface area contributed by atoms with E-state index in [0.717, 1.165) is 44.7 Å². The summed E-state index contributed by atoms with van der Waals surface area (Å²) >= 11 is 0. The number of hydrogen-bond acceptors (Lipinski definition) is 2. The summed E-state index contributed by atoms with van der Waals surface area (Å²) in [6.45, 7) is 4.75. The maximum atomic E-state index is 6.62. The summed E-state index contributed by atoms with van der Waals surface area (Å²) in [4.78, 5) is 2.52. The van der Waals surface area contributed by atoms with Crippen LogP contribution in [0.3, 0.4) is 0 Å². The molecule has 0 radical (unpaired) electrons. The fraction of sp³-hybridized carbons (Fsp3) is 0.0571. The lowest BCUT2D eigenvalue weighted by atomic mass is 9.68. The van der Waals surface area contributed by atoms with Crippen molar-refractivity contribution in [2.45, 2.75) is 24.7 Å². The molecule has 72 heavy (non-hydrogen) atoms. The van der Waals surface area contributed by atoms with Crippen molar-refractivity contribution in [2.24, 2.45) is 0 Å². The van der Waals surface area contributed by atoms with E-state index in [4.69, 9.17) is 4.42 Å². The van der Waals surface area contributed by atoms with Crippen molar-refractivity contribution in [2.75, 3.05) is 4.90 Å². The molecule has 2 heteroatoms. The Morgan fingerprint density at radius 1 is 0.333 bits per heavy atom. The average Bonchev–Trinajstić information content (AvgIpc) is 4.14. The Kier molecular flexibility index (Phi) is 8.66. The molecule has 0 amide bonds. The Bertz CT molecular complexity index is 4200. The third-order valence-corrected chi connectivity index (χ3v) is 16.3. The minimum Gasteiger partial charge on any atom is -0.456 e. The molecule has 1 atom stereocenters. The molecule has 0 bridgehead atoms. The van der Waals surface area contributed by atoms with Crippen LogP contribution in [0.25, 0.3) is 88.7 Å². The lowest BCUT2D eigenvalue weighted by molar-refractivity contribution is 0.660. The van der Waals surface area contributed by atoms with Crippen LogP contribution in [0, 0.1) is 0 Å². The molecule has 1 heterocycles. The zero-order valence-corrected chi connectivity index (χ0v) is 40.0. The monoisotopic (exact) mass is 917 g/mol. The predicted molar refractivity (Wildman–Crippen MR) is 299 cm³/mol. The van der Waals surface area contributed by atoms with Crippen LogP contribution in [0.1, 0.15) is 47.2 Å². The van der Waals surface area contributed by atoms with Gasteiger partial charge < -0.3 is 9.32 Å². The van der Waals surface area contributed by atoms with Crippen molar-refractivity contribution in [3.63, 3.8) is 0 Å². The number of furan rings is 1. The van der Waals surface area contributed by atoms with Crippen LogP contribution in [0.5, 0.6) is 0 Å². The first-order chi connectivity index (χ1) is 35.5. The highest BCUT2D eigenvalue weighted by Gasteiger charge is 2.53. The number of anilines is 3. The van der Waals surface area contributed by atoms with E-state index in [-0.39, 0.29) is 5.41 Å². The van der Waals surface area contributed by atoms with Crippen LogP contribution in [-0.4, -0.2) is 0 Å². The Morgan fingerprint density at radius 2 is 0.917 bits per heavy atom. The summed E-state index contributed by atoms with van der Waals surface area (Å²) in [7, 11) is 0. The topological polar surface area (TPSA) is 16.4 Å². The van der Waals surface area contributed by atoms with Crippen molar-refractivity contribution >= 4 is 39.0 Å². The van der Waals surface area contributed by atoms with E-state index in [1.807, 2.05) is 0 Å². The van der Waals surface area contributed by atoms with Crippen molar-refractivity contribution in [3.8, 4) is 66.8 Å². The molecule has 0 N–H and O–H groups in total. The van der Waals surface area contributed by atoms with E-state index < -0.39 is 5.41 Å². The molecular formula is C70H47NO. The minimum atomic E-state index is -0.607. The maximum absolute atomic E-state index is 6.62. The Morgan fingerprint density at radius 3 is 1.71 bits per heavy atom. The van der Waals surface area contributed by atoms with Crippen LogP contribution in [0.15, 0.2) is 253 Å². The smallest absolute Gasteiger partial charge is 0.136 e. The zero-order valence-electron chi connectivity index (χ0n) is 40.0. The fourth-order valence-corrected chi connectivity index (χ4v) is 13.2. The average molecular weight is 918 g/mol. The van der Waals surface area contributed by atoms with Crippen LogP contribution in [-0.2, 0) is 10.8 Å². The van der Waals surface area contributed by atoms with Gasteiger partial charge in [0, 0.05) is 33.1 Å². The number of para-hydroxylation sites is 2. The first-order valence-electron chi connectivity index (χ1n) is 25.2. The quantitative estimate of drug-likeness (QED) is 0.165. The van der Waals surface area contributed by atoms with Gasteiger partial charge in [0.05, 0.1) is 11.1 Å². The second-order valence-electron chi connectivity index (χ2n) is 20.3. The van der Waals surface area contributed by atoms with Gasteiger partial charge in [-0.05, 0) is 143 Å². The van der Waals surface area contributed by atoms with E-state index >= 15 is 0 Å². The Balaban J connectivity index is 1.03. The van der Waals surface area contributed by atoms with E-state index in [9.17, 15) is 0 Å². The van der Waals surface area contributed by atoms with Crippen LogP contribution in [0.4, 0.5) is 17.1 Å². The predicted octanol–water partition coefficient (Wildman–Crippen LogP) is 18.7. The lowest BCUT2D eigenvalue weighted by Gasteiger charge is -2.33. The van der Waals surface area contributed by atoms with Gasteiger partial charge in [-0.1, -0.05) is 214 Å². The third kappa shape index (κ3) is 5.61. The molecule has 338 valence electrons. The molecule has 1 aromatic heterocycles. The van der Waals surface area contributed by atoms with Gasteiger partial charge >= 0.3 is 0 Å². The standard InChI is InChI=1S/C70H47NO/c1-69(2)58-31-14-9-25-52(58)54-37-36-48(43-62(54)69)71(63-34-17-12-24-50(63)45-22-7-4-8-23-45)49-41-46(44-20-5-3-6-21-44)40-47(42-49)51-29-19-30-55-53-26-10-15-32-59(53)70(68(51)55)60-33-16-11-27-56(60)66-61(70)38-39-65-67(66)57-28-13-18-35-64(57)72-65/h3-43H,1-2H3. The fourth-order valence-electron chi connectivity index (χ4n) is 13.2. The van der Waals surface area contributed by atoms with Gasteiger partial charge in [-0.15, -0.1) is 0 Å². The SMILES string of the molecule is CC1(C)c2ccccc2-c2ccc(N(c3cc(-c4ccccc4)cc(-c4cccc5c4C4(c6ccccc6-5)c5ccccc5-c5c4ccc4oc6ccccc6c54)c3)c3ccccc3-c3ccccc3)cc21. The zero-order chi connectivity index (χ0) is 47.7. The lowest BCUT2D eigenvalue weighted by Crippen LogP contribution is -2.26. The molecule has 2 nitrogen and oxygen atoms in total. The summed E-state index contributed by atoms with van der Waals surface area (Å²) in [5.41, 5.74) is 27.0. The molecular weight excluding hydrogens is 871 g/mol. The second-order valence-corrected chi connectivity index (χ2v) is 20.3. The number of rotatable bonds is 6.